The molecule has 1 aromatic rings. The number of hydrogen-bond acceptors (Lipinski definition) is 4. The zero-order valence-electron chi connectivity index (χ0n) is 16.1. The number of aryl methyl sites for hydroxylation is 2. The quantitative estimate of drug-likeness (QED) is 0.699. The second-order valence-corrected chi connectivity index (χ2v) is 8.92. The Morgan fingerprint density at radius 3 is 2.38 bits per heavy atom. The molecule has 26 heavy (non-hydrogen) atoms. The highest BCUT2D eigenvalue weighted by Crippen LogP contribution is 2.20. The number of piperazine rings is 1. The van der Waals surface area contributed by atoms with E-state index in [4.69, 9.17) is 0 Å². The predicted octanol–water partition coefficient (Wildman–Crippen LogP) is 1.92. The summed E-state index contributed by atoms with van der Waals surface area (Å²) in [4.78, 5) is 14.3. The average Bonchev–Trinajstić information content (AvgIpc) is 2.61. The second-order valence-electron chi connectivity index (χ2n) is 6.98. The van der Waals surface area contributed by atoms with E-state index in [1.807, 2.05) is 24.8 Å². The van der Waals surface area contributed by atoms with Gasteiger partial charge in [0.05, 0.1) is 11.4 Å². The van der Waals surface area contributed by atoms with Crippen LogP contribution in [0.4, 0.5) is 0 Å². The number of rotatable bonds is 8. The maximum absolute atomic E-state index is 12.8. The van der Waals surface area contributed by atoms with Gasteiger partial charge in [-0.15, -0.1) is 0 Å². The van der Waals surface area contributed by atoms with Crippen molar-refractivity contribution in [1.29, 1.82) is 0 Å². The van der Waals surface area contributed by atoms with Gasteiger partial charge in [-0.2, -0.15) is 4.31 Å². The third-order valence-electron chi connectivity index (χ3n) is 4.92. The molecular weight excluding hydrogens is 350 g/mol. The molecule has 1 heterocycles. The van der Waals surface area contributed by atoms with Crippen molar-refractivity contribution in [3.8, 4) is 0 Å². The lowest BCUT2D eigenvalue weighted by Crippen LogP contribution is -2.51. The highest BCUT2D eigenvalue weighted by molar-refractivity contribution is 7.89. The molecule has 7 heteroatoms. The van der Waals surface area contributed by atoms with Crippen LogP contribution in [0.25, 0.3) is 0 Å². The number of nitrogens with one attached hydrogen (secondary N) is 1. The zero-order valence-corrected chi connectivity index (χ0v) is 16.9. The SMILES string of the molecule is CCCCCNC(=O)CN1CCN(S(=O)(=O)c2ccc(C)c(C)c2)CC1. The largest absolute Gasteiger partial charge is 0.355 e. The van der Waals surface area contributed by atoms with Crippen molar-refractivity contribution in [1.82, 2.24) is 14.5 Å². The minimum Gasteiger partial charge on any atom is -0.355 e. The highest BCUT2D eigenvalue weighted by atomic mass is 32.2. The monoisotopic (exact) mass is 381 g/mol. The molecular formula is C19H31N3O3S. The topological polar surface area (TPSA) is 69.7 Å². The summed E-state index contributed by atoms with van der Waals surface area (Å²) in [5.41, 5.74) is 2.06. The zero-order chi connectivity index (χ0) is 19.2. The van der Waals surface area contributed by atoms with Gasteiger partial charge in [-0.25, -0.2) is 8.42 Å². The molecule has 1 aliphatic rings. The van der Waals surface area contributed by atoms with Gasteiger partial charge in [-0.05, 0) is 43.5 Å². The Morgan fingerprint density at radius 2 is 1.77 bits per heavy atom. The van der Waals surface area contributed by atoms with Crippen LogP contribution in [0.1, 0.15) is 37.3 Å². The number of carbonyl (C=O) groups excluding carboxylic acids is 1. The van der Waals surface area contributed by atoms with Crippen LogP contribution < -0.4 is 5.32 Å². The van der Waals surface area contributed by atoms with Gasteiger partial charge in [0.25, 0.3) is 0 Å². The van der Waals surface area contributed by atoms with Crippen LogP contribution in [-0.2, 0) is 14.8 Å². The van der Waals surface area contributed by atoms with Crippen LogP contribution in [0.5, 0.6) is 0 Å². The Labute approximate surface area is 157 Å². The predicted molar refractivity (Wildman–Crippen MR) is 104 cm³/mol. The van der Waals surface area contributed by atoms with E-state index in [9.17, 15) is 13.2 Å². The Hall–Kier alpha value is -1.44. The number of sulfonamides is 1. The molecule has 1 saturated heterocycles. The Morgan fingerprint density at radius 1 is 1.08 bits per heavy atom. The lowest BCUT2D eigenvalue weighted by Gasteiger charge is -2.33. The van der Waals surface area contributed by atoms with Crippen LogP contribution in [0.3, 0.4) is 0 Å². The molecule has 0 unspecified atom stereocenters. The molecule has 1 amide bonds. The normalized spacial score (nSPS) is 16.6. The number of carbonyl (C=O) groups is 1. The minimum absolute atomic E-state index is 0.0200. The fourth-order valence-electron chi connectivity index (χ4n) is 3.01. The molecule has 146 valence electrons. The van der Waals surface area contributed by atoms with Crippen LogP contribution in [-0.4, -0.2) is 62.8 Å². The van der Waals surface area contributed by atoms with E-state index < -0.39 is 10.0 Å². The van der Waals surface area contributed by atoms with Crippen molar-refractivity contribution in [2.45, 2.75) is 44.9 Å². The van der Waals surface area contributed by atoms with Crippen LogP contribution in [0.2, 0.25) is 0 Å². The van der Waals surface area contributed by atoms with Crippen LogP contribution in [0.15, 0.2) is 23.1 Å². The summed E-state index contributed by atoms with van der Waals surface area (Å²) in [5.74, 6) is 0.0200. The summed E-state index contributed by atoms with van der Waals surface area (Å²) in [7, 11) is -3.47. The van der Waals surface area contributed by atoms with E-state index in [1.54, 1.807) is 12.1 Å². The van der Waals surface area contributed by atoms with Crippen molar-refractivity contribution in [3.63, 3.8) is 0 Å². The van der Waals surface area contributed by atoms with Gasteiger partial charge in [0.2, 0.25) is 15.9 Å². The first-order valence-electron chi connectivity index (χ1n) is 9.41. The first kappa shape index (κ1) is 20.9. The van der Waals surface area contributed by atoms with Gasteiger partial charge in [0.15, 0.2) is 0 Å². The number of amides is 1. The van der Waals surface area contributed by atoms with Crippen molar-refractivity contribution in [3.05, 3.63) is 29.3 Å². The summed E-state index contributed by atoms with van der Waals surface area (Å²) in [6.45, 7) is 9.06. The van der Waals surface area contributed by atoms with Crippen LogP contribution >= 0.6 is 0 Å². The Bertz CT molecular complexity index is 711. The van der Waals surface area contributed by atoms with Crippen molar-refractivity contribution >= 4 is 15.9 Å². The van der Waals surface area contributed by atoms with Crippen molar-refractivity contribution < 1.29 is 13.2 Å². The maximum Gasteiger partial charge on any atom is 0.243 e. The fourth-order valence-corrected chi connectivity index (χ4v) is 4.52. The van der Waals surface area contributed by atoms with Gasteiger partial charge in [0, 0.05) is 32.7 Å². The minimum atomic E-state index is -3.47. The number of hydrogen-bond donors (Lipinski definition) is 1. The molecule has 0 aromatic heterocycles. The van der Waals surface area contributed by atoms with Gasteiger partial charge in [0.1, 0.15) is 0 Å². The third-order valence-corrected chi connectivity index (χ3v) is 6.81. The summed E-state index contributed by atoms with van der Waals surface area (Å²) >= 11 is 0. The lowest BCUT2D eigenvalue weighted by molar-refractivity contribution is -0.122. The van der Waals surface area contributed by atoms with Gasteiger partial charge < -0.3 is 5.32 Å². The van der Waals surface area contributed by atoms with E-state index in [-0.39, 0.29) is 5.91 Å². The molecule has 0 radical (unpaired) electrons. The molecule has 6 nitrogen and oxygen atoms in total. The molecule has 0 saturated carbocycles. The Balaban J connectivity index is 1.85. The molecule has 2 rings (SSSR count). The maximum atomic E-state index is 12.8. The summed E-state index contributed by atoms with van der Waals surface area (Å²) in [6.07, 6.45) is 3.26. The first-order valence-corrected chi connectivity index (χ1v) is 10.8. The molecule has 0 spiro atoms. The van der Waals surface area contributed by atoms with E-state index in [1.165, 1.54) is 4.31 Å². The van der Waals surface area contributed by atoms with E-state index in [2.05, 4.69) is 12.2 Å². The summed E-state index contributed by atoms with van der Waals surface area (Å²) in [5, 5.41) is 2.93. The molecule has 1 fully saturated rings. The Kier molecular flexibility index (Phi) is 7.61. The van der Waals surface area contributed by atoms with E-state index in [0.29, 0.717) is 44.2 Å². The van der Waals surface area contributed by atoms with Gasteiger partial charge in [-0.1, -0.05) is 25.8 Å². The smallest absolute Gasteiger partial charge is 0.243 e. The second kappa shape index (κ2) is 9.48. The van der Waals surface area contributed by atoms with Crippen molar-refractivity contribution in [2.75, 3.05) is 39.3 Å². The number of nitrogens with zero attached hydrogens (tertiary/aromatic N) is 2. The van der Waals surface area contributed by atoms with E-state index >= 15 is 0 Å². The summed E-state index contributed by atoms with van der Waals surface area (Å²) < 4.78 is 27.1. The standard InChI is InChI=1S/C19H31N3O3S/c1-4-5-6-9-20-19(23)15-21-10-12-22(13-11-21)26(24,25)18-8-7-16(2)17(3)14-18/h7-8,14H,4-6,9-13,15H2,1-3H3,(H,20,23). The number of unbranched alkanes of at least 4 members (excludes halogenated alkanes) is 2. The number of benzene rings is 1. The molecule has 1 aromatic carbocycles. The summed E-state index contributed by atoms with van der Waals surface area (Å²) in [6, 6.07) is 5.26. The molecule has 0 bridgehead atoms. The molecule has 0 aliphatic carbocycles. The fraction of sp³-hybridized carbons (Fsp3) is 0.632. The van der Waals surface area contributed by atoms with E-state index in [0.717, 1.165) is 30.4 Å². The average molecular weight is 382 g/mol. The molecule has 0 atom stereocenters. The lowest BCUT2D eigenvalue weighted by atomic mass is 10.1. The molecule has 1 N–H and O–H groups in total. The molecule has 1 aliphatic heterocycles. The van der Waals surface area contributed by atoms with Gasteiger partial charge in [-0.3, -0.25) is 9.69 Å². The third kappa shape index (κ3) is 5.53. The van der Waals surface area contributed by atoms with Crippen LogP contribution in [0, 0.1) is 13.8 Å². The highest BCUT2D eigenvalue weighted by Gasteiger charge is 2.29. The van der Waals surface area contributed by atoms with Gasteiger partial charge >= 0.3 is 0 Å². The first-order chi connectivity index (χ1) is 12.3. The van der Waals surface area contributed by atoms with Crippen molar-refractivity contribution in [2.24, 2.45) is 0 Å².